The van der Waals surface area contributed by atoms with Gasteiger partial charge in [-0.15, -0.1) is 0 Å². The van der Waals surface area contributed by atoms with E-state index in [1.54, 1.807) is 6.07 Å². The molecule has 260 valence electrons. The summed E-state index contributed by atoms with van der Waals surface area (Å²) >= 11 is 0. The largest absolute Gasteiger partial charge is 0.367 e. The Morgan fingerprint density at radius 2 is 1.66 bits per heavy atom. The lowest BCUT2D eigenvalue weighted by Crippen LogP contribution is -2.49. The SMILES string of the molecule is C=C1C(N2CCN(C(C)C)CC2)=Cc2c(NCc3cccc(C(F)(F)CCC(CCC)CCC)c3F)ncnc2N1CCCCCC. The predicted molar refractivity (Wildman–Crippen MR) is 189 cm³/mol. The molecule has 47 heavy (non-hydrogen) atoms. The van der Waals surface area contributed by atoms with Crippen molar-refractivity contribution in [1.29, 1.82) is 0 Å². The van der Waals surface area contributed by atoms with E-state index in [1.807, 2.05) is 0 Å². The van der Waals surface area contributed by atoms with Crippen LogP contribution in [0.1, 0.15) is 116 Å². The third-order valence-electron chi connectivity index (χ3n) is 9.82. The Balaban J connectivity index is 1.57. The molecule has 0 aliphatic carbocycles. The van der Waals surface area contributed by atoms with Crippen molar-refractivity contribution in [2.24, 2.45) is 5.92 Å². The van der Waals surface area contributed by atoms with Crippen molar-refractivity contribution in [2.45, 2.75) is 117 Å². The van der Waals surface area contributed by atoms with E-state index in [4.69, 9.17) is 0 Å². The molecule has 2 aliphatic rings. The van der Waals surface area contributed by atoms with Crippen LogP contribution in [0, 0.1) is 11.7 Å². The van der Waals surface area contributed by atoms with Crippen LogP contribution >= 0.6 is 0 Å². The lowest BCUT2D eigenvalue weighted by molar-refractivity contribution is -0.0232. The van der Waals surface area contributed by atoms with E-state index < -0.39 is 17.3 Å². The molecular weight excluding hydrogens is 597 g/mol. The summed E-state index contributed by atoms with van der Waals surface area (Å²) in [7, 11) is 0. The quantitative estimate of drug-likeness (QED) is 0.162. The fraction of sp³-hybridized carbons (Fsp3) is 0.632. The van der Waals surface area contributed by atoms with Gasteiger partial charge in [0.15, 0.2) is 0 Å². The lowest BCUT2D eigenvalue weighted by atomic mass is 9.90. The molecule has 0 bridgehead atoms. The van der Waals surface area contributed by atoms with Crippen LogP contribution in [0.3, 0.4) is 0 Å². The summed E-state index contributed by atoms with van der Waals surface area (Å²) in [6.45, 7) is 19.9. The zero-order valence-electron chi connectivity index (χ0n) is 29.4. The van der Waals surface area contributed by atoms with E-state index in [-0.39, 0.29) is 24.4 Å². The summed E-state index contributed by atoms with van der Waals surface area (Å²) in [4.78, 5) is 16.3. The van der Waals surface area contributed by atoms with Crippen LogP contribution in [-0.4, -0.2) is 58.5 Å². The third kappa shape index (κ3) is 9.30. The summed E-state index contributed by atoms with van der Waals surface area (Å²) in [5, 5.41) is 3.29. The van der Waals surface area contributed by atoms with E-state index in [0.29, 0.717) is 18.3 Å². The molecule has 0 radical (unpaired) electrons. The smallest absolute Gasteiger partial charge is 0.276 e. The lowest BCUT2D eigenvalue weighted by Gasteiger charge is -2.42. The van der Waals surface area contributed by atoms with E-state index in [0.717, 1.165) is 100 Å². The van der Waals surface area contributed by atoms with Gasteiger partial charge in [-0.1, -0.05) is 90.5 Å². The molecule has 3 heterocycles. The van der Waals surface area contributed by atoms with Crippen molar-refractivity contribution in [2.75, 3.05) is 42.9 Å². The number of piperazine rings is 1. The van der Waals surface area contributed by atoms with Crippen LogP contribution in [0.4, 0.5) is 24.8 Å². The number of nitrogens with zero attached hydrogens (tertiary/aromatic N) is 5. The topological polar surface area (TPSA) is 47.5 Å². The number of anilines is 2. The second-order valence-corrected chi connectivity index (χ2v) is 13.6. The Bertz CT molecular complexity index is 1330. The Kier molecular flexibility index (Phi) is 13.6. The number of hydrogen-bond donors (Lipinski definition) is 1. The van der Waals surface area contributed by atoms with Gasteiger partial charge >= 0.3 is 0 Å². The molecule has 1 N–H and O–H groups in total. The van der Waals surface area contributed by atoms with Crippen molar-refractivity contribution >= 4 is 17.7 Å². The van der Waals surface area contributed by atoms with Crippen LogP contribution in [-0.2, 0) is 12.5 Å². The molecule has 9 heteroatoms. The summed E-state index contributed by atoms with van der Waals surface area (Å²) in [5.41, 5.74) is 2.46. The van der Waals surface area contributed by atoms with E-state index in [1.165, 1.54) is 24.9 Å². The highest BCUT2D eigenvalue weighted by Crippen LogP contribution is 2.40. The van der Waals surface area contributed by atoms with Gasteiger partial charge in [0.05, 0.1) is 22.5 Å². The number of nitrogens with one attached hydrogen (secondary N) is 1. The second kappa shape index (κ2) is 17.4. The Labute approximate surface area is 281 Å². The number of benzene rings is 1. The number of rotatable bonds is 18. The first-order valence-electron chi connectivity index (χ1n) is 18.0. The van der Waals surface area contributed by atoms with Gasteiger partial charge in [-0.3, -0.25) is 4.90 Å². The van der Waals surface area contributed by atoms with Gasteiger partial charge in [-0.05, 0) is 38.7 Å². The third-order valence-corrected chi connectivity index (χ3v) is 9.82. The zero-order chi connectivity index (χ0) is 34.0. The molecule has 0 unspecified atom stereocenters. The number of halogens is 3. The molecule has 0 spiro atoms. The van der Waals surface area contributed by atoms with Crippen molar-refractivity contribution in [3.63, 3.8) is 0 Å². The first kappa shape index (κ1) is 36.8. The minimum atomic E-state index is -3.23. The van der Waals surface area contributed by atoms with Crippen molar-refractivity contribution < 1.29 is 13.2 Å². The zero-order valence-corrected chi connectivity index (χ0v) is 29.4. The minimum Gasteiger partial charge on any atom is -0.367 e. The van der Waals surface area contributed by atoms with Gasteiger partial charge in [0.1, 0.15) is 23.8 Å². The van der Waals surface area contributed by atoms with Gasteiger partial charge < -0.3 is 15.1 Å². The Hall–Kier alpha value is -3.07. The summed E-state index contributed by atoms with van der Waals surface area (Å²) in [5.74, 6) is -2.52. The number of unbranched alkanes of at least 4 members (excludes halogenated alkanes) is 3. The molecule has 2 aliphatic heterocycles. The molecule has 4 rings (SSSR count). The van der Waals surface area contributed by atoms with E-state index in [2.05, 4.69) is 77.3 Å². The fourth-order valence-electron chi connectivity index (χ4n) is 7.00. The minimum absolute atomic E-state index is 0.0290. The van der Waals surface area contributed by atoms with Crippen molar-refractivity contribution in [1.82, 2.24) is 19.8 Å². The normalized spacial score (nSPS) is 15.9. The average Bonchev–Trinajstić information content (AvgIpc) is 3.06. The number of fused-ring (bicyclic) bond motifs is 1. The van der Waals surface area contributed by atoms with Crippen molar-refractivity contribution in [3.05, 3.63) is 65.0 Å². The summed E-state index contributed by atoms with van der Waals surface area (Å²) in [6.07, 6.45) is 11.9. The van der Waals surface area contributed by atoms with Crippen LogP contribution in [0.15, 0.2) is 42.5 Å². The van der Waals surface area contributed by atoms with Gasteiger partial charge in [0.2, 0.25) is 0 Å². The maximum Gasteiger partial charge on any atom is 0.276 e. The van der Waals surface area contributed by atoms with Gasteiger partial charge in [-0.2, -0.15) is 0 Å². The molecule has 1 saturated heterocycles. The molecule has 0 atom stereocenters. The van der Waals surface area contributed by atoms with E-state index >= 15 is 13.2 Å². The van der Waals surface area contributed by atoms with Crippen LogP contribution < -0.4 is 10.2 Å². The van der Waals surface area contributed by atoms with Crippen LogP contribution in [0.25, 0.3) is 6.08 Å². The standard InChI is InChI=1S/C38H57F3N6/c1-7-10-11-12-20-47-29(6)34(46-23-21-45(22-24-46)28(4)5)25-32-36(43-27-44-37(32)47)42-26-31-16-13-17-33(35(31)39)38(40,41)19-18-30(14-8-2)15-9-3/h13,16-17,25,27-28,30H,6-12,14-15,18-24,26H2,1-5H3,(H,42,43,44). The number of hydrogen-bond acceptors (Lipinski definition) is 6. The van der Waals surface area contributed by atoms with E-state index in [9.17, 15) is 0 Å². The van der Waals surface area contributed by atoms with Crippen LogP contribution in [0.5, 0.6) is 0 Å². The number of alkyl halides is 2. The maximum atomic E-state index is 15.7. The molecule has 2 aromatic rings. The fourth-order valence-corrected chi connectivity index (χ4v) is 7.00. The van der Waals surface area contributed by atoms with Crippen molar-refractivity contribution in [3.8, 4) is 0 Å². The first-order chi connectivity index (χ1) is 22.6. The molecule has 1 fully saturated rings. The van der Waals surface area contributed by atoms with Crippen LogP contribution in [0.2, 0.25) is 0 Å². The highest BCUT2D eigenvalue weighted by atomic mass is 19.3. The first-order valence-corrected chi connectivity index (χ1v) is 18.0. The average molecular weight is 655 g/mol. The summed E-state index contributed by atoms with van der Waals surface area (Å²) in [6, 6.07) is 4.84. The van der Waals surface area contributed by atoms with Gasteiger partial charge in [0.25, 0.3) is 5.92 Å². The maximum absolute atomic E-state index is 15.7. The molecule has 0 amide bonds. The Morgan fingerprint density at radius 1 is 0.936 bits per heavy atom. The van der Waals surface area contributed by atoms with Gasteiger partial charge in [-0.25, -0.2) is 23.1 Å². The summed E-state index contributed by atoms with van der Waals surface area (Å²) < 4.78 is 46.6. The molecule has 1 aromatic heterocycles. The second-order valence-electron chi connectivity index (χ2n) is 13.6. The molecule has 0 saturated carbocycles. The molecule has 6 nitrogen and oxygen atoms in total. The highest BCUT2D eigenvalue weighted by Gasteiger charge is 2.36. The van der Waals surface area contributed by atoms with Gasteiger partial charge in [0, 0.05) is 57.3 Å². The number of aromatic nitrogens is 2. The Morgan fingerprint density at radius 3 is 2.32 bits per heavy atom. The molecular formula is C38H57F3N6. The monoisotopic (exact) mass is 654 g/mol. The predicted octanol–water partition coefficient (Wildman–Crippen LogP) is 9.60. The highest BCUT2D eigenvalue weighted by molar-refractivity contribution is 5.82. The molecule has 1 aromatic carbocycles.